The summed E-state index contributed by atoms with van der Waals surface area (Å²) in [6, 6.07) is 4.87. The minimum Gasteiger partial charge on any atom is -0.427 e. The molecule has 0 bridgehead atoms. The number of anilines is 1. The molecule has 21 heavy (non-hydrogen) atoms. The van der Waals surface area contributed by atoms with Crippen LogP contribution in [-0.4, -0.2) is 30.6 Å². The molecule has 1 fully saturated rings. The number of aryl methyl sites for hydroxylation is 1. The van der Waals surface area contributed by atoms with Crippen molar-refractivity contribution in [2.45, 2.75) is 18.4 Å². The number of nitrogens with one attached hydrogen (secondary N) is 3. The molecule has 1 aromatic carbocycles. The summed E-state index contributed by atoms with van der Waals surface area (Å²) in [7, 11) is 1.53. The fourth-order valence-corrected chi connectivity index (χ4v) is 2.68. The number of amides is 4. The Morgan fingerprint density at radius 1 is 1.38 bits per heavy atom. The quantitative estimate of drug-likeness (QED) is 0.674. The van der Waals surface area contributed by atoms with Gasteiger partial charge in [0.2, 0.25) is 5.60 Å². The number of alkyl carbamates (subject to hydrolysis) is 1. The summed E-state index contributed by atoms with van der Waals surface area (Å²) in [4.78, 5) is 34.5. The van der Waals surface area contributed by atoms with Crippen molar-refractivity contribution >= 4 is 23.7 Å². The number of carbonyl (C=O) groups is 3. The monoisotopic (exact) mass is 293 g/mol. The maximum absolute atomic E-state index is 11.9. The number of fused-ring (bicyclic) bond motifs is 2. The molecule has 1 spiro atoms. The van der Waals surface area contributed by atoms with E-state index in [-0.39, 0.29) is 11.5 Å². The summed E-state index contributed by atoms with van der Waals surface area (Å²) in [5.74, 6) is -0.423. The van der Waals surface area contributed by atoms with Crippen LogP contribution in [0.2, 0.25) is 0 Å². The lowest BCUT2D eigenvalue weighted by Gasteiger charge is -2.19. The van der Waals surface area contributed by atoms with Crippen molar-refractivity contribution in [3.05, 3.63) is 29.3 Å². The zero-order valence-electron chi connectivity index (χ0n) is 11.3. The molecule has 0 radical (unpaired) electrons. The maximum atomic E-state index is 11.9. The summed E-state index contributed by atoms with van der Waals surface area (Å²) in [6.45, 7) is 0. The Morgan fingerprint density at radius 2 is 2.14 bits per heavy atom. The highest BCUT2D eigenvalue weighted by atomic mass is 16.6. The third-order valence-electron chi connectivity index (χ3n) is 3.62. The third-order valence-corrected chi connectivity index (χ3v) is 3.62. The van der Waals surface area contributed by atoms with Crippen LogP contribution in [0.4, 0.5) is 15.3 Å². The van der Waals surface area contributed by atoms with Gasteiger partial charge in [0.05, 0.1) is 0 Å². The van der Waals surface area contributed by atoms with Gasteiger partial charge in [-0.1, -0.05) is 6.07 Å². The van der Waals surface area contributed by atoms with Crippen LogP contribution in [0, 0.1) is 0 Å². The maximum Gasteiger partial charge on any atom is 0.415 e. The lowest BCUT2D eigenvalue weighted by atomic mass is 9.95. The molecule has 112 valence electrons. The standard InChI is InChI=1S/C13H13N3O4.H2O/c1-14-11(18)15-8-2-3-9-7(6-8)4-5-13(9)10(17)16-12(19)20-13;/h2-3,6H,4-5H2,1H3,(H2,14,15,18)(H,16,17,19);1H2/t13-;/m1./s1. The average Bonchev–Trinajstić information content (AvgIpc) is 2.91. The summed E-state index contributed by atoms with van der Waals surface area (Å²) < 4.78 is 5.19. The third kappa shape index (κ3) is 2.19. The second-order valence-corrected chi connectivity index (χ2v) is 4.75. The van der Waals surface area contributed by atoms with Crippen molar-refractivity contribution in [2.24, 2.45) is 0 Å². The fraction of sp³-hybridized carbons (Fsp3) is 0.308. The summed E-state index contributed by atoms with van der Waals surface area (Å²) in [5.41, 5.74) is 1.01. The van der Waals surface area contributed by atoms with Crippen molar-refractivity contribution in [1.29, 1.82) is 0 Å². The molecular weight excluding hydrogens is 278 g/mol. The second-order valence-electron chi connectivity index (χ2n) is 4.75. The smallest absolute Gasteiger partial charge is 0.415 e. The van der Waals surface area contributed by atoms with E-state index in [0.717, 1.165) is 5.56 Å². The zero-order chi connectivity index (χ0) is 14.3. The van der Waals surface area contributed by atoms with Crippen LogP contribution in [0.25, 0.3) is 0 Å². The first-order chi connectivity index (χ1) is 9.55. The van der Waals surface area contributed by atoms with Crippen LogP contribution in [0.15, 0.2) is 18.2 Å². The molecule has 1 aromatic rings. The van der Waals surface area contributed by atoms with E-state index in [0.29, 0.717) is 24.1 Å². The van der Waals surface area contributed by atoms with Gasteiger partial charge >= 0.3 is 12.1 Å². The highest BCUT2D eigenvalue weighted by Gasteiger charge is 2.54. The van der Waals surface area contributed by atoms with Crippen LogP contribution in [0.5, 0.6) is 0 Å². The number of carbonyl (C=O) groups excluding carboxylic acids is 3. The van der Waals surface area contributed by atoms with E-state index >= 15 is 0 Å². The molecule has 0 saturated carbocycles. The first-order valence-electron chi connectivity index (χ1n) is 6.22. The van der Waals surface area contributed by atoms with E-state index in [4.69, 9.17) is 4.74 Å². The Labute approximate surface area is 120 Å². The van der Waals surface area contributed by atoms with Gasteiger partial charge in [-0.05, 0) is 24.1 Å². The highest BCUT2D eigenvalue weighted by molar-refractivity contribution is 6.04. The van der Waals surface area contributed by atoms with E-state index in [1.54, 1.807) is 18.2 Å². The minimum atomic E-state index is -1.20. The summed E-state index contributed by atoms with van der Waals surface area (Å²) in [5, 5.41) is 7.29. The lowest BCUT2D eigenvalue weighted by molar-refractivity contribution is -0.131. The first kappa shape index (κ1) is 14.8. The normalized spacial score (nSPS) is 22.1. The van der Waals surface area contributed by atoms with Crippen LogP contribution in [-0.2, 0) is 21.6 Å². The Kier molecular flexibility index (Phi) is 3.56. The molecule has 0 aromatic heterocycles. The lowest BCUT2D eigenvalue weighted by Crippen LogP contribution is -2.34. The molecule has 0 unspecified atom stereocenters. The molecule has 3 rings (SSSR count). The molecule has 2 aliphatic rings. The van der Waals surface area contributed by atoms with Crippen LogP contribution < -0.4 is 16.0 Å². The van der Waals surface area contributed by atoms with Crippen molar-refractivity contribution < 1.29 is 24.6 Å². The van der Waals surface area contributed by atoms with Crippen molar-refractivity contribution in [1.82, 2.24) is 10.6 Å². The molecule has 5 N–H and O–H groups in total. The average molecular weight is 293 g/mol. The number of hydrogen-bond acceptors (Lipinski definition) is 4. The summed E-state index contributed by atoms with van der Waals surface area (Å²) in [6.07, 6.45) is 0.318. The number of urea groups is 1. The van der Waals surface area contributed by atoms with E-state index in [1.165, 1.54) is 7.05 Å². The van der Waals surface area contributed by atoms with E-state index in [9.17, 15) is 14.4 Å². The van der Waals surface area contributed by atoms with Gasteiger partial charge in [0, 0.05) is 24.7 Å². The predicted molar refractivity (Wildman–Crippen MR) is 72.8 cm³/mol. The van der Waals surface area contributed by atoms with Gasteiger partial charge in [-0.3, -0.25) is 10.1 Å². The van der Waals surface area contributed by atoms with Gasteiger partial charge in [-0.25, -0.2) is 9.59 Å². The van der Waals surface area contributed by atoms with Crippen LogP contribution in [0.1, 0.15) is 17.5 Å². The molecule has 8 nitrogen and oxygen atoms in total. The molecule has 1 aliphatic carbocycles. The van der Waals surface area contributed by atoms with Crippen LogP contribution >= 0.6 is 0 Å². The summed E-state index contributed by atoms with van der Waals surface area (Å²) >= 11 is 0. The van der Waals surface area contributed by atoms with Gasteiger partial charge in [-0.15, -0.1) is 0 Å². The molecule has 8 heteroatoms. The largest absolute Gasteiger partial charge is 0.427 e. The number of imide groups is 1. The fourth-order valence-electron chi connectivity index (χ4n) is 2.68. The molecule has 1 saturated heterocycles. The van der Waals surface area contributed by atoms with E-state index < -0.39 is 17.6 Å². The Bertz CT molecular complexity index is 630. The van der Waals surface area contributed by atoms with Gasteiger partial charge < -0.3 is 20.8 Å². The number of benzene rings is 1. The predicted octanol–water partition coefficient (Wildman–Crippen LogP) is 0.0211. The van der Waals surface area contributed by atoms with E-state index in [1.807, 2.05) is 0 Å². The van der Waals surface area contributed by atoms with Crippen LogP contribution in [0.3, 0.4) is 0 Å². The SMILES string of the molecule is CNC(=O)Nc1ccc2c(c1)CC[C@@]21OC(=O)NC1=O.O. The molecule has 1 aliphatic heterocycles. The van der Waals surface area contributed by atoms with Crippen molar-refractivity contribution in [3.8, 4) is 0 Å². The van der Waals surface area contributed by atoms with Gasteiger partial charge in [-0.2, -0.15) is 0 Å². The topological polar surface area (TPSA) is 128 Å². The molecular formula is C13H15N3O5. The molecule has 1 atom stereocenters. The number of rotatable bonds is 1. The Hall–Kier alpha value is -2.61. The highest BCUT2D eigenvalue weighted by Crippen LogP contribution is 2.43. The van der Waals surface area contributed by atoms with Gasteiger partial charge in [0.15, 0.2) is 0 Å². The molecule has 1 heterocycles. The molecule has 4 amide bonds. The number of ether oxygens (including phenoxy) is 1. The van der Waals surface area contributed by atoms with Crippen molar-refractivity contribution in [2.75, 3.05) is 12.4 Å². The van der Waals surface area contributed by atoms with Gasteiger partial charge in [0.25, 0.3) is 5.91 Å². The Balaban J connectivity index is 0.00000161. The second kappa shape index (κ2) is 5.06. The zero-order valence-corrected chi connectivity index (χ0v) is 11.3. The van der Waals surface area contributed by atoms with Crippen molar-refractivity contribution in [3.63, 3.8) is 0 Å². The van der Waals surface area contributed by atoms with Gasteiger partial charge in [0.1, 0.15) is 0 Å². The minimum absolute atomic E-state index is 0. The van der Waals surface area contributed by atoms with E-state index in [2.05, 4.69) is 16.0 Å². The Morgan fingerprint density at radius 3 is 2.76 bits per heavy atom. The number of hydrogen-bond donors (Lipinski definition) is 3. The first-order valence-corrected chi connectivity index (χ1v) is 6.22.